The molecule has 0 aromatic heterocycles. The average Bonchev–Trinajstić information content (AvgIpc) is 0.861. The predicted octanol–water partition coefficient (Wildman–Crippen LogP) is -1.71. The van der Waals surface area contributed by atoms with E-state index in [0.29, 0.717) is 49.7 Å². The van der Waals surface area contributed by atoms with Gasteiger partial charge in [-0.2, -0.15) is 0 Å². The lowest BCUT2D eigenvalue weighted by Crippen LogP contribution is -2.58. The van der Waals surface area contributed by atoms with Gasteiger partial charge in [0.05, 0.1) is 26.2 Å². The summed E-state index contributed by atoms with van der Waals surface area (Å²) in [5.74, 6) is -16.9. The van der Waals surface area contributed by atoms with Gasteiger partial charge in [-0.1, -0.05) is 73.5 Å². The van der Waals surface area contributed by atoms with Crippen LogP contribution >= 0.6 is 0 Å². The molecule has 1 heterocycles. The Labute approximate surface area is 571 Å². The Hall–Kier alpha value is -9.87. The molecule has 99 heavy (non-hydrogen) atoms. The summed E-state index contributed by atoms with van der Waals surface area (Å²) >= 11 is 0. The molecule has 0 saturated carbocycles. The normalized spacial score (nSPS) is 15.2. The molecule has 1 aliphatic rings. The van der Waals surface area contributed by atoms with Crippen LogP contribution in [0.3, 0.4) is 0 Å². The maximum atomic E-state index is 14.4. The second-order valence-electron chi connectivity index (χ2n) is 23.8. The van der Waals surface area contributed by atoms with Crippen molar-refractivity contribution in [3.05, 3.63) is 71.8 Å². The van der Waals surface area contributed by atoms with Crippen molar-refractivity contribution in [1.82, 2.24) is 62.1 Å². The van der Waals surface area contributed by atoms with Crippen molar-refractivity contribution in [2.24, 2.45) is 5.92 Å². The molecule has 1 saturated heterocycles. The van der Waals surface area contributed by atoms with Crippen LogP contribution in [0.5, 0.6) is 0 Å². The van der Waals surface area contributed by atoms with Crippen molar-refractivity contribution in [3.63, 3.8) is 0 Å². The molecule has 0 radical (unpaired) electrons. The fraction of sp³-hybridized carbons (Fsp3) is 0.578. The van der Waals surface area contributed by atoms with E-state index in [1.807, 2.05) is 0 Å². The number of hydrogen-bond donors (Lipinski definition) is 16. The molecule has 548 valence electrons. The van der Waals surface area contributed by atoms with Crippen LogP contribution in [-0.4, -0.2) is 278 Å². The summed E-state index contributed by atoms with van der Waals surface area (Å²) in [7, 11) is 0. The molecule has 35 nitrogen and oxygen atoms in total. The van der Waals surface area contributed by atoms with Crippen LogP contribution in [-0.2, 0) is 80.0 Å². The predicted molar refractivity (Wildman–Crippen MR) is 349 cm³/mol. The van der Waals surface area contributed by atoms with Crippen molar-refractivity contribution in [3.8, 4) is 0 Å². The molecule has 0 bridgehead atoms. The maximum absolute atomic E-state index is 14.4. The van der Waals surface area contributed by atoms with Crippen molar-refractivity contribution < 1.29 is 113 Å². The lowest BCUT2D eigenvalue weighted by atomic mass is 10.0. The van der Waals surface area contributed by atoms with Crippen LogP contribution in [0.2, 0.25) is 0 Å². The number of nitrogens with one attached hydrogen (secondary N) is 8. The Morgan fingerprint density at radius 1 is 0.333 bits per heavy atom. The number of rotatable bonds is 46. The minimum atomic E-state index is -1.98. The molecule has 8 amide bonds. The number of urea groups is 1. The average molecular weight is 1400 g/mol. The molecule has 0 aliphatic carbocycles. The first-order chi connectivity index (χ1) is 47.1. The van der Waals surface area contributed by atoms with E-state index in [2.05, 4.69) is 42.5 Å². The third-order valence-electron chi connectivity index (χ3n) is 15.8. The largest absolute Gasteiger partial charge is 0.481 e. The fourth-order valence-electron chi connectivity index (χ4n) is 10.4. The van der Waals surface area contributed by atoms with Gasteiger partial charge in [-0.25, -0.2) is 19.2 Å². The number of carbonyl (C=O) groups is 15. The van der Waals surface area contributed by atoms with E-state index in [-0.39, 0.29) is 135 Å². The topological polar surface area (TPSA) is 527 Å². The Balaban J connectivity index is 1.54. The van der Waals surface area contributed by atoms with Crippen molar-refractivity contribution in [1.29, 1.82) is 0 Å². The summed E-state index contributed by atoms with van der Waals surface area (Å²) in [6.07, 6.45) is 2.48. The molecule has 3 rings (SSSR count). The molecule has 35 heteroatoms. The summed E-state index contributed by atoms with van der Waals surface area (Å²) < 4.78 is 0. The van der Waals surface area contributed by atoms with Gasteiger partial charge in [-0.15, -0.1) is 0 Å². The summed E-state index contributed by atoms with van der Waals surface area (Å²) in [6.45, 7) is -1.16. The molecule has 16 N–H and O–H groups in total. The zero-order valence-electron chi connectivity index (χ0n) is 55.1. The van der Waals surface area contributed by atoms with Gasteiger partial charge in [0.25, 0.3) is 0 Å². The molecule has 1 aliphatic heterocycles. The molecular weight excluding hydrogens is 1300 g/mol. The summed E-state index contributed by atoms with van der Waals surface area (Å²) in [4.78, 5) is 194. The Kier molecular flexibility index (Phi) is 39.0. The van der Waals surface area contributed by atoms with Gasteiger partial charge in [0.1, 0.15) is 30.2 Å². The Morgan fingerprint density at radius 3 is 1.05 bits per heavy atom. The van der Waals surface area contributed by atoms with E-state index in [1.54, 1.807) is 80.3 Å². The van der Waals surface area contributed by atoms with Crippen LogP contribution in [0.15, 0.2) is 60.7 Å². The van der Waals surface area contributed by atoms with E-state index >= 15 is 0 Å². The van der Waals surface area contributed by atoms with Crippen molar-refractivity contribution in [2.45, 2.75) is 133 Å². The summed E-state index contributed by atoms with van der Waals surface area (Å²) in [5, 5.41) is 96.5. The van der Waals surface area contributed by atoms with E-state index < -0.39 is 153 Å². The van der Waals surface area contributed by atoms with Crippen LogP contribution in [0.1, 0.15) is 101 Å². The zero-order valence-corrected chi connectivity index (χ0v) is 55.1. The standard InChI is InChI=1S/C64H94N12O23/c77-50(21-9-1-2-10-22-51(78)66-26-14-12-20-46(62(95)96)71-64(99)72-47(63(97)98)23-24-53(80)81)65-25-13-11-19-45(61(93)94)68-58(89)49(36-43-17-7-4-8-18-43)70-59(90)48(35-42-15-5-3-6-16-42)69-57(88)44(60(91)92)37-67-52(79)38-73-27-29-74(39-54(82)83)31-33-76(41-56(86)87)34-32-75(30-28-73)40-55(84)85/h3-8,15-18,44-49H,1-2,9-14,19-41H2,(H,65,77)(H,66,78)(H,67,79)(H,68,89)(H,69,88)(H,70,90)(H,80,81)(H,82,83)(H,84,85)(H,86,87)(H,91,92)(H,93,94)(H,95,96)(H,97,98)(H2,71,72,99)/t44?,45?,46-,47?,48?,49?/m0/s1. The van der Waals surface area contributed by atoms with Crippen LogP contribution in [0, 0.1) is 5.92 Å². The number of carboxylic acid groups (broad SMARTS) is 8. The first-order valence-electron chi connectivity index (χ1n) is 32.6. The van der Waals surface area contributed by atoms with Gasteiger partial charge in [-0.3, -0.25) is 72.3 Å². The van der Waals surface area contributed by atoms with Crippen LogP contribution in [0.25, 0.3) is 0 Å². The number of amides is 8. The molecule has 1 fully saturated rings. The number of carboxylic acids is 8. The molecule has 2 aromatic carbocycles. The quantitative estimate of drug-likeness (QED) is 0.0259. The number of benzene rings is 2. The Morgan fingerprint density at radius 2 is 0.687 bits per heavy atom. The monoisotopic (exact) mass is 1400 g/mol. The van der Waals surface area contributed by atoms with Gasteiger partial charge >= 0.3 is 53.8 Å². The third-order valence-corrected chi connectivity index (χ3v) is 15.8. The number of hydrogen-bond acceptors (Lipinski definition) is 19. The molecule has 5 unspecified atom stereocenters. The first-order valence-corrected chi connectivity index (χ1v) is 32.6. The SMILES string of the molecule is O=C(O)CCC(NC(=O)N[C@@H](CCCCNC(=O)CCCCCCC(=O)NCCCCC(NC(=O)C(Cc1ccccc1)NC(=O)C(Cc1ccccc1)NC(=O)C(CNC(=O)CN1CCN(CC(=O)O)CCN(CC(=O)O)CCN(CC(=O)O)CC1)C(=O)O)C(=O)O)C(=O)O)C(=O)O. The van der Waals surface area contributed by atoms with Gasteiger partial charge < -0.3 is 83.4 Å². The summed E-state index contributed by atoms with van der Waals surface area (Å²) in [6, 6.07) is 8.23. The highest BCUT2D eigenvalue weighted by atomic mass is 16.4. The van der Waals surface area contributed by atoms with Gasteiger partial charge in [0.15, 0.2) is 5.92 Å². The van der Waals surface area contributed by atoms with E-state index in [1.165, 1.54) is 0 Å². The van der Waals surface area contributed by atoms with Crippen LogP contribution < -0.4 is 42.5 Å². The van der Waals surface area contributed by atoms with Crippen LogP contribution in [0.4, 0.5) is 4.79 Å². The first kappa shape index (κ1) is 83.4. The van der Waals surface area contributed by atoms with Crippen molar-refractivity contribution >= 4 is 89.2 Å². The molecule has 6 atom stereocenters. The molecule has 2 aromatic rings. The van der Waals surface area contributed by atoms with E-state index in [0.717, 1.165) is 0 Å². The smallest absolute Gasteiger partial charge is 0.326 e. The zero-order chi connectivity index (χ0) is 73.2. The highest BCUT2D eigenvalue weighted by Gasteiger charge is 2.35. The summed E-state index contributed by atoms with van der Waals surface area (Å²) in [5.41, 5.74) is 1.06. The Bertz CT molecular complexity index is 2970. The van der Waals surface area contributed by atoms with E-state index in [9.17, 15) is 108 Å². The van der Waals surface area contributed by atoms with Crippen molar-refractivity contribution in [2.75, 3.05) is 98.2 Å². The van der Waals surface area contributed by atoms with Gasteiger partial charge in [-0.05, 0) is 68.9 Å². The second-order valence-corrected chi connectivity index (χ2v) is 23.8. The lowest BCUT2D eigenvalue weighted by Gasteiger charge is -2.32. The number of unbranched alkanes of at least 4 members (excludes halogenated alkanes) is 5. The lowest BCUT2D eigenvalue weighted by molar-refractivity contribution is -0.148. The highest BCUT2D eigenvalue weighted by Crippen LogP contribution is 2.13. The minimum absolute atomic E-state index is 0.0332. The second kappa shape index (κ2) is 46.4. The number of carbonyl (C=O) groups excluding carboxylic acids is 7. The number of aliphatic carboxylic acids is 8. The number of nitrogens with zero attached hydrogens (tertiary/aromatic N) is 4. The fourth-order valence-corrected chi connectivity index (χ4v) is 10.4. The minimum Gasteiger partial charge on any atom is -0.481 e. The highest BCUT2D eigenvalue weighted by molar-refractivity contribution is 6.00. The third kappa shape index (κ3) is 36.9. The van der Waals surface area contributed by atoms with E-state index in [4.69, 9.17) is 5.11 Å². The van der Waals surface area contributed by atoms with Gasteiger partial charge in [0, 0.05) is 104 Å². The molecular formula is C64H94N12O23. The molecule has 0 spiro atoms. The maximum Gasteiger partial charge on any atom is 0.326 e. The van der Waals surface area contributed by atoms with Gasteiger partial charge in [0.2, 0.25) is 35.4 Å².